The van der Waals surface area contributed by atoms with E-state index < -0.39 is 5.97 Å². The van der Waals surface area contributed by atoms with Crippen LogP contribution in [-0.4, -0.2) is 56.0 Å². The first kappa shape index (κ1) is 24.6. The van der Waals surface area contributed by atoms with Crippen LogP contribution in [0.5, 0.6) is 0 Å². The van der Waals surface area contributed by atoms with Crippen LogP contribution in [0.1, 0.15) is 34.1 Å². The van der Waals surface area contributed by atoms with E-state index in [0.29, 0.717) is 13.1 Å². The second kappa shape index (κ2) is 10.3. The van der Waals surface area contributed by atoms with Crippen molar-refractivity contribution >= 4 is 12.1 Å². The second-order valence-corrected chi connectivity index (χ2v) is 10.6. The Bertz CT molecular complexity index is 1500. The van der Waals surface area contributed by atoms with Crippen LogP contribution in [0, 0.1) is 0 Å². The quantitative estimate of drug-likeness (QED) is 0.274. The third kappa shape index (κ3) is 4.34. The number of likely N-dealkylation sites (tertiary alicyclic amines) is 1. The number of rotatable bonds is 7. The van der Waals surface area contributed by atoms with E-state index in [0.717, 1.165) is 0 Å². The molecule has 200 valence electrons. The van der Waals surface area contributed by atoms with Crippen LogP contribution in [-0.2, 0) is 19.0 Å². The van der Waals surface area contributed by atoms with Gasteiger partial charge in [0.05, 0.1) is 19.2 Å². The lowest BCUT2D eigenvalue weighted by atomic mass is 9.98. The van der Waals surface area contributed by atoms with Gasteiger partial charge in [0.15, 0.2) is 0 Å². The molecule has 0 N–H and O–H groups in total. The Kier molecular flexibility index (Phi) is 6.33. The van der Waals surface area contributed by atoms with Crippen molar-refractivity contribution in [2.75, 3.05) is 32.9 Å². The van der Waals surface area contributed by atoms with Crippen LogP contribution in [0.3, 0.4) is 0 Å². The van der Waals surface area contributed by atoms with Crippen molar-refractivity contribution < 1.29 is 23.8 Å². The molecule has 0 aromatic heterocycles. The van der Waals surface area contributed by atoms with Gasteiger partial charge < -0.3 is 19.1 Å². The number of fused-ring (bicyclic) bond motifs is 6. The van der Waals surface area contributed by atoms with Crippen LogP contribution in [0.2, 0.25) is 0 Å². The lowest BCUT2D eigenvalue weighted by molar-refractivity contribution is -0.154. The fraction of sp³-hybridized carbons (Fsp3) is 0.235. The maximum absolute atomic E-state index is 12.7. The van der Waals surface area contributed by atoms with Gasteiger partial charge in [-0.05, 0) is 44.5 Å². The summed E-state index contributed by atoms with van der Waals surface area (Å²) in [5, 5.41) is 0. The zero-order valence-corrected chi connectivity index (χ0v) is 22.0. The molecule has 1 heterocycles. The van der Waals surface area contributed by atoms with E-state index in [4.69, 9.17) is 14.2 Å². The maximum atomic E-state index is 12.7. The number of nitrogens with zero attached hydrogens (tertiary/aromatic N) is 1. The topological polar surface area (TPSA) is 65.1 Å². The Morgan fingerprint density at radius 2 is 1.00 bits per heavy atom. The van der Waals surface area contributed by atoms with Crippen LogP contribution in [0.25, 0.3) is 22.3 Å². The molecule has 6 heteroatoms. The zero-order chi connectivity index (χ0) is 27.1. The van der Waals surface area contributed by atoms with Crippen molar-refractivity contribution in [2.24, 2.45) is 0 Å². The molecule has 0 saturated carbocycles. The molecule has 0 unspecified atom stereocenters. The predicted octanol–water partition coefficient (Wildman–Crippen LogP) is 5.99. The lowest BCUT2D eigenvalue weighted by Crippen LogP contribution is -2.55. The molecular formula is C34H29NO5. The summed E-state index contributed by atoms with van der Waals surface area (Å²) >= 11 is 0. The van der Waals surface area contributed by atoms with Crippen molar-refractivity contribution in [3.8, 4) is 22.3 Å². The fourth-order valence-electron chi connectivity index (χ4n) is 6.22. The average Bonchev–Trinajstić information content (AvgIpc) is 3.47. The minimum atomic E-state index is -0.401. The van der Waals surface area contributed by atoms with Gasteiger partial charge in [-0.2, -0.15) is 0 Å². The summed E-state index contributed by atoms with van der Waals surface area (Å²) in [6.45, 7) is 1.21. The van der Waals surface area contributed by atoms with Crippen molar-refractivity contribution in [2.45, 2.75) is 17.9 Å². The number of carbonyl (C=O) groups excluding carboxylic acids is 2. The highest BCUT2D eigenvalue weighted by atomic mass is 16.6. The van der Waals surface area contributed by atoms with Gasteiger partial charge in [-0.25, -0.2) is 9.59 Å². The molecule has 0 radical (unpaired) electrons. The first-order chi connectivity index (χ1) is 19.7. The van der Waals surface area contributed by atoms with Gasteiger partial charge in [-0.3, -0.25) is 0 Å². The molecule has 1 aliphatic heterocycles. The third-order valence-electron chi connectivity index (χ3n) is 8.25. The molecular weight excluding hydrogens is 502 g/mol. The molecule has 1 saturated heterocycles. The SMILES string of the molecule is O=C(COC1CN(C(=O)OCC2c3ccccc3-c3ccccc32)C1)OCC1c2ccccc2-c2ccccc21. The molecule has 0 spiro atoms. The number of hydrogen-bond acceptors (Lipinski definition) is 5. The highest BCUT2D eigenvalue weighted by Gasteiger charge is 2.35. The normalized spacial score (nSPS) is 15.6. The number of ether oxygens (including phenoxy) is 3. The molecule has 0 bridgehead atoms. The summed E-state index contributed by atoms with van der Waals surface area (Å²) in [7, 11) is 0. The van der Waals surface area contributed by atoms with Gasteiger partial charge in [-0.1, -0.05) is 97.1 Å². The fourth-order valence-corrected chi connectivity index (χ4v) is 6.22. The summed E-state index contributed by atoms with van der Waals surface area (Å²) < 4.78 is 17.0. The minimum Gasteiger partial charge on any atom is -0.463 e. The largest absolute Gasteiger partial charge is 0.463 e. The number of amides is 1. The summed E-state index contributed by atoms with van der Waals surface area (Å²) in [5.74, 6) is -0.358. The lowest BCUT2D eigenvalue weighted by Gasteiger charge is -2.37. The Labute approximate surface area is 233 Å². The molecule has 1 fully saturated rings. The van der Waals surface area contributed by atoms with E-state index in [1.807, 2.05) is 48.5 Å². The smallest absolute Gasteiger partial charge is 0.409 e. The molecule has 3 aliphatic rings. The monoisotopic (exact) mass is 531 g/mol. The van der Waals surface area contributed by atoms with Crippen molar-refractivity contribution in [1.82, 2.24) is 4.90 Å². The second-order valence-electron chi connectivity index (χ2n) is 10.6. The van der Waals surface area contributed by atoms with Gasteiger partial charge in [0, 0.05) is 11.8 Å². The molecule has 7 rings (SSSR count). The van der Waals surface area contributed by atoms with E-state index in [2.05, 4.69) is 48.5 Å². The van der Waals surface area contributed by atoms with Crippen molar-refractivity contribution in [3.05, 3.63) is 119 Å². The summed E-state index contributed by atoms with van der Waals surface area (Å²) in [6, 6.07) is 33.0. The van der Waals surface area contributed by atoms with Gasteiger partial charge >= 0.3 is 12.1 Å². The highest BCUT2D eigenvalue weighted by Crippen LogP contribution is 2.45. The first-order valence-corrected chi connectivity index (χ1v) is 13.7. The van der Waals surface area contributed by atoms with E-state index in [1.54, 1.807) is 4.90 Å². The number of esters is 1. The molecule has 1 amide bonds. The van der Waals surface area contributed by atoms with Crippen molar-refractivity contribution in [1.29, 1.82) is 0 Å². The molecule has 40 heavy (non-hydrogen) atoms. The van der Waals surface area contributed by atoms with E-state index in [1.165, 1.54) is 44.5 Å². The third-order valence-corrected chi connectivity index (χ3v) is 8.25. The van der Waals surface area contributed by atoms with Crippen LogP contribution < -0.4 is 0 Å². The van der Waals surface area contributed by atoms with Gasteiger partial charge in [-0.15, -0.1) is 0 Å². The Morgan fingerprint density at radius 3 is 1.45 bits per heavy atom. The van der Waals surface area contributed by atoms with Gasteiger partial charge in [0.25, 0.3) is 0 Å². The summed E-state index contributed by atoms with van der Waals surface area (Å²) in [5.41, 5.74) is 9.50. The first-order valence-electron chi connectivity index (χ1n) is 13.7. The van der Waals surface area contributed by atoms with Gasteiger partial charge in [0.1, 0.15) is 19.8 Å². The predicted molar refractivity (Wildman–Crippen MR) is 151 cm³/mol. The standard InChI is InChI=1S/C34H29NO5/c36-33(39-19-31-27-13-5-1-9-23(27)24-10-2-6-14-28(24)31)21-38-22-17-35(18-22)34(37)40-20-32-29-15-7-3-11-25(29)26-12-4-8-16-30(26)32/h1-16,22,31-32H,17-21H2. The van der Waals surface area contributed by atoms with Crippen LogP contribution >= 0.6 is 0 Å². The zero-order valence-electron chi connectivity index (χ0n) is 22.0. The summed E-state index contributed by atoms with van der Waals surface area (Å²) in [6.07, 6.45) is -0.566. The Hall–Kier alpha value is -4.42. The molecule has 4 aromatic rings. The number of benzene rings is 4. The molecule has 4 aromatic carbocycles. The van der Waals surface area contributed by atoms with Crippen LogP contribution in [0.4, 0.5) is 4.79 Å². The average molecular weight is 532 g/mol. The number of carbonyl (C=O) groups is 2. The number of hydrogen-bond donors (Lipinski definition) is 0. The van der Waals surface area contributed by atoms with E-state index >= 15 is 0 Å². The molecule has 6 nitrogen and oxygen atoms in total. The van der Waals surface area contributed by atoms with E-state index in [-0.39, 0.29) is 43.9 Å². The Balaban J connectivity index is 0.872. The minimum absolute atomic E-state index is 0.0177. The molecule has 0 atom stereocenters. The Morgan fingerprint density at radius 1 is 0.600 bits per heavy atom. The van der Waals surface area contributed by atoms with Gasteiger partial charge in [0.2, 0.25) is 0 Å². The van der Waals surface area contributed by atoms with Crippen molar-refractivity contribution in [3.63, 3.8) is 0 Å². The van der Waals surface area contributed by atoms with E-state index in [9.17, 15) is 9.59 Å². The maximum Gasteiger partial charge on any atom is 0.409 e. The molecule has 2 aliphatic carbocycles. The highest BCUT2D eigenvalue weighted by molar-refractivity contribution is 5.80. The van der Waals surface area contributed by atoms with Crippen LogP contribution in [0.15, 0.2) is 97.1 Å². The summed E-state index contributed by atoms with van der Waals surface area (Å²) in [4.78, 5) is 26.8.